The van der Waals surface area contributed by atoms with Crippen molar-refractivity contribution in [2.24, 2.45) is 0 Å². The van der Waals surface area contributed by atoms with E-state index in [1.54, 1.807) is 17.7 Å². The van der Waals surface area contributed by atoms with Crippen LogP contribution in [0.5, 0.6) is 0 Å². The van der Waals surface area contributed by atoms with Gasteiger partial charge in [-0.25, -0.2) is 4.79 Å². The third-order valence-corrected chi connectivity index (χ3v) is 5.27. The van der Waals surface area contributed by atoms with Crippen LogP contribution in [0.4, 0.5) is 4.79 Å². The summed E-state index contributed by atoms with van der Waals surface area (Å²) in [5.74, 6) is -1.54. The molecule has 1 aromatic heterocycles. The van der Waals surface area contributed by atoms with E-state index < -0.39 is 17.8 Å². The van der Waals surface area contributed by atoms with Crippen molar-refractivity contribution in [3.63, 3.8) is 0 Å². The van der Waals surface area contributed by atoms with Crippen LogP contribution in [-0.4, -0.2) is 39.8 Å². The Labute approximate surface area is 184 Å². The van der Waals surface area contributed by atoms with E-state index in [1.165, 1.54) is 6.08 Å². The van der Waals surface area contributed by atoms with Gasteiger partial charge in [0, 0.05) is 35.8 Å². The van der Waals surface area contributed by atoms with Gasteiger partial charge in [-0.3, -0.25) is 24.6 Å². The topological polar surface area (TPSA) is 101 Å². The third kappa shape index (κ3) is 4.15. The summed E-state index contributed by atoms with van der Waals surface area (Å²) in [6.07, 6.45) is 3.19. The molecule has 5 amide bonds. The molecule has 0 unspecified atom stereocenters. The van der Waals surface area contributed by atoms with Crippen LogP contribution in [0.1, 0.15) is 18.1 Å². The number of rotatable bonds is 6. The minimum atomic E-state index is -0.734. The standard InChI is InChI=1S/C24H22N4O4/c1-2-28-23(31)19(22(30)26-24(28)32)12-17-14-27(20-11-7-6-10-18(17)20)15-21(29)25-13-16-8-4-3-5-9-16/h3-12,14H,2,13,15H2,1H3,(H,25,29)(H,26,30,32)/b19-12-. The summed E-state index contributed by atoms with van der Waals surface area (Å²) in [4.78, 5) is 50.3. The van der Waals surface area contributed by atoms with Gasteiger partial charge in [0.05, 0.1) is 0 Å². The molecule has 0 radical (unpaired) electrons. The van der Waals surface area contributed by atoms with Crippen LogP contribution in [-0.2, 0) is 27.5 Å². The Morgan fingerprint density at radius 1 is 1.03 bits per heavy atom. The first-order valence-corrected chi connectivity index (χ1v) is 10.2. The number of imide groups is 2. The van der Waals surface area contributed by atoms with Crippen molar-refractivity contribution in [1.82, 2.24) is 20.1 Å². The summed E-state index contributed by atoms with van der Waals surface area (Å²) in [5.41, 5.74) is 2.28. The number of carbonyl (C=O) groups excluding carboxylic acids is 4. The molecule has 0 saturated carbocycles. The summed E-state index contributed by atoms with van der Waals surface area (Å²) < 4.78 is 1.77. The van der Waals surface area contributed by atoms with Crippen molar-refractivity contribution in [2.75, 3.05) is 6.54 Å². The number of para-hydroxylation sites is 1. The maximum Gasteiger partial charge on any atom is 0.331 e. The van der Waals surface area contributed by atoms with E-state index in [2.05, 4.69) is 10.6 Å². The zero-order chi connectivity index (χ0) is 22.7. The zero-order valence-electron chi connectivity index (χ0n) is 17.5. The number of fused-ring (bicyclic) bond motifs is 1. The number of amides is 5. The van der Waals surface area contributed by atoms with E-state index in [-0.39, 0.29) is 24.6 Å². The van der Waals surface area contributed by atoms with Crippen LogP contribution in [0.15, 0.2) is 66.4 Å². The van der Waals surface area contributed by atoms with E-state index in [9.17, 15) is 19.2 Å². The maximum atomic E-state index is 12.6. The molecule has 0 aliphatic carbocycles. The molecule has 2 N–H and O–H groups in total. The maximum absolute atomic E-state index is 12.6. The minimum absolute atomic E-state index is 0.0796. The molecule has 4 rings (SSSR count). The minimum Gasteiger partial charge on any atom is -0.350 e. The van der Waals surface area contributed by atoms with Crippen molar-refractivity contribution < 1.29 is 19.2 Å². The van der Waals surface area contributed by atoms with E-state index >= 15 is 0 Å². The number of aromatic nitrogens is 1. The Kier molecular flexibility index (Phi) is 5.85. The molecule has 1 aliphatic heterocycles. The van der Waals surface area contributed by atoms with Crippen LogP contribution in [0, 0.1) is 0 Å². The Balaban J connectivity index is 1.61. The average molecular weight is 430 g/mol. The van der Waals surface area contributed by atoms with Crippen molar-refractivity contribution in [1.29, 1.82) is 0 Å². The fourth-order valence-electron chi connectivity index (χ4n) is 3.66. The van der Waals surface area contributed by atoms with E-state index in [0.717, 1.165) is 21.4 Å². The molecule has 2 heterocycles. The highest BCUT2D eigenvalue weighted by Gasteiger charge is 2.34. The number of benzene rings is 2. The monoisotopic (exact) mass is 430 g/mol. The van der Waals surface area contributed by atoms with Crippen LogP contribution in [0.3, 0.4) is 0 Å². The highest BCUT2D eigenvalue weighted by Crippen LogP contribution is 2.25. The number of urea groups is 1. The van der Waals surface area contributed by atoms with E-state index in [1.807, 2.05) is 54.6 Å². The Morgan fingerprint density at radius 3 is 2.50 bits per heavy atom. The van der Waals surface area contributed by atoms with Crippen molar-refractivity contribution in [3.05, 3.63) is 77.5 Å². The second-order valence-corrected chi connectivity index (χ2v) is 7.36. The quantitative estimate of drug-likeness (QED) is 0.463. The highest BCUT2D eigenvalue weighted by atomic mass is 16.2. The van der Waals surface area contributed by atoms with Gasteiger partial charge < -0.3 is 9.88 Å². The van der Waals surface area contributed by atoms with E-state index in [4.69, 9.17) is 0 Å². The van der Waals surface area contributed by atoms with Gasteiger partial charge in [0.2, 0.25) is 5.91 Å². The molecule has 3 aromatic rings. The van der Waals surface area contributed by atoms with Crippen molar-refractivity contribution in [3.8, 4) is 0 Å². The van der Waals surface area contributed by atoms with Crippen LogP contribution in [0.2, 0.25) is 0 Å². The number of hydrogen-bond donors (Lipinski definition) is 2. The van der Waals surface area contributed by atoms with Gasteiger partial charge in [-0.2, -0.15) is 0 Å². The van der Waals surface area contributed by atoms with Gasteiger partial charge in [-0.05, 0) is 24.6 Å². The fourth-order valence-corrected chi connectivity index (χ4v) is 3.66. The highest BCUT2D eigenvalue weighted by molar-refractivity contribution is 6.31. The lowest BCUT2D eigenvalue weighted by Crippen LogP contribution is -2.53. The molecule has 1 aliphatic rings. The zero-order valence-corrected chi connectivity index (χ0v) is 17.5. The predicted molar refractivity (Wildman–Crippen MR) is 119 cm³/mol. The Hall–Kier alpha value is -4.20. The SMILES string of the molecule is CCN1C(=O)NC(=O)/C(=C/c2cn(CC(=O)NCc3ccccc3)c3ccccc23)C1=O. The summed E-state index contributed by atoms with van der Waals surface area (Å²) in [6.45, 7) is 2.31. The van der Waals surface area contributed by atoms with Gasteiger partial charge in [0.25, 0.3) is 11.8 Å². The molecule has 1 saturated heterocycles. The molecule has 8 heteroatoms. The molecule has 1 fully saturated rings. The first-order valence-electron chi connectivity index (χ1n) is 10.2. The van der Waals surface area contributed by atoms with E-state index in [0.29, 0.717) is 12.1 Å². The van der Waals surface area contributed by atoms with Gasteiger partial charge in [0.15, 0.2) is 0 Å². The number of hydrogen-bond acceptors (Lipinski definition) is 4. The van der Waals surface area contributed by atoms with Crippen molar-refractivity contribution in [2.45, 2.75) is 20.0 Å². The second-order valence-electron chi connectivity index (χ2n) is 7.36. The smallest absolute Gasteiger partial charge is 0.331 e. The summed E-state index contributed by atoms with van der Waals surface area (Å²) in [6, 6.07) is 16.3. The largest absolute Gasteiger partial charge is 0.350 e. The van der Waals surface area contributed by atoms with Gasteiger partial charge in [0.1, 0.15) is 12.1 Å². The molecule has 162 valence electrons. The first-order chi connectivity index (χ1) is 15.5. The first kappa shape index (κ1) is 21.0. The lowest BCUT2D eigenvalue weighted by molar-refractivity contribution is -0.130. The number of nitrogens with zero attached hydrogens (tertiary/aromatic N) is 2. The molecule has 8 nitrogen and oxygen atoms in total. The predicted octanol–water partition coefficient (Wildman–Crippen LogP) is 2.44. The molecule has 0 spiro atoms. The second kappa shape index (κ2) is 8.89. The number of nitrogens with one attached hydrogen (secondary N) is 2. The Morgan fingerprint density at radius 2 is 1.75 bits per heavy atom. The average Bonchev–Trinajstić information content (AvgIpc) is 3.13. The van der Waals surface area contributed by atoms with Crippen LogP contribution < -0.4 is 10.6 Å². The lowest BCUT2D eigenvalue weighted by atomic mass is 10.1. The normalized spacial score (nSPS) is 15.3. The van der Waals surface area contributed by atoms with Crippen molar-refractivity contribution >= 4 is 40.7 Å². The summed E-state index contributed by atoms with van der Waals surface area (Å²) >= 11 is 0. The van der Waals surface area contributed by atoms with Crippen LogP contribution in [0.25, 0.3) is 17.0 Å². The Bertz CT molecular complexity index is 1240. The van der Waals surface area contributed by atoms with Gasteiger partial charge >= 0.3 is 6.03 Å². The number of barbiturate groups is 1. The third-order valence-electron chi connectivity index (χ3n) is 5.27. The summed E-state index contributed by atoms with van der Waals surface area (Å²) in [7, 11) is 0. The molecular weight excluding hydrogens is 408 g/mol. The molecular formula is C24H22N4O4. The molecule has 2 aromatic carbocycles. The molecule has 0 atom stereocenters. The number of carbonyl (C=O) groups is 4. The molecule has 0 bridgehead atoms. The lowest BCUT2D eigenvalue weighted by Gasteiger charge is -2.24. The molecule has 32 heavy (non-hydrogen) atoms. The number of likely N-dealkylation sites (N-methyl/N-ethyl adjacent to an activating group) is 1. The van der Waals surface area contributed by atoms with Gasteiger partial charge in [-0.15, -0.1) is 0 Å². The fraction of sp³-hybridized carbons (Fsp3) is 0.167. The van der Waals surface area contributed by atoms with Gasteiger partial charge in [-0.1, -0.05) is 48.5 Å². The summed E-state index contributed by atoms with van der Waals surface area (Å²) in [5, 5.41) is 5.87. The van der Waals surface area contributed by atoms with Crippen LogP contribution >= 0.6 is 0 Å².